The molecule has 0 saturated heterocycles. The van der Waals surface area contributed by atoms with E-state index in [1.54, 1.807) is 7.11 Å². The van der Waals surface area contributed by atoms with Crippen LogP contribution in [0.5, 0.6) is 11.5 Å². The quantitative estimate of drug-likeness (QED) is 0.766. The van der Waals surface area contributed by atoms with Crippen LogP contribution in [-0.2, 0) is 6.54 Å². The molecule has 2 aromatic rings. The van der Waals surface area contributed by atoms with Gasteiger partial charge < -0.3 is 19.9 Å². The molecule has 0 aliphatic heterocycles. The normalized spacial score (nSPS) is 15.9. The number of benzene rings is 2. The molecule has 1 aliphatic carbocycles. The predicted octanol–water partition coefficient (Wildman–Crippen LogP) is 3.84. The molecule has 0 spiro atoms. The van der Waals surface area contributed by atoms with Crippen molar-refractivity contribution in [3.63, 3.8) is 0 Å². The number of ether oxygens (including phenoxy) is 2. The largest absolute Gasteiger partial charge is 0.497 e. The molecule has 1 aliphatic rings. The molecule has 1 fully saturated rings. The summed E-state index contributed by atoms with van der Waals surface area (Å²) in [7, 11) is 1.65. The Morgan fingerprint density at radius 2 is 1.84 bits per heavy atom. The first-order valence-electron chi connectivity index (χ1n) is 9.02. The Labute approximate surface area is 149 Å². The highest BCUT2D eigenvalue weighted by molar-refractivity contribution is 5.31. The van der Waals surface area contributed by atoms with E-state index in [9.17, 15) is 5.11 Å². The maximum Gasteiger partial charge on any atom is 0.120 e. The molecule has 3 rings (SSSR count). The molecule has 0 heterocycles. The standard InChI is InChI=1S/C21H27NO3/c1-24-19-10-5-7-17(13-19)21(15-23)22-14-16-6-4-11-20(12-16)25-18-8-2-3-9-18/h4-7,10-13,18,21-23H,2-3,8-9,14-15H2,1H3. The van der Waals surface area contributed by atoms with Gasteiger partial charge in [0.25, 0.3) is 0 Å². The number of hydrogen-bond donors (Lipinski definition) is 2. The lowest BCUT2D eigenvalue weighted by atomic mass is 10.1. The lowest BCUT2D eigenvalue weighted by molar-refractivity contribution is 0.209. The van der Waals surface area contributed by atoms with Gasteiger partial charge in [0.2, 0.25) is 0 Å². The molecule has 0 bridgehead atoms. The summed E-state index contributed by atoms with van der Waals surface area (Å²) in [6.07, 6.45) is 5.22. The second kappa shape index (κ2) is 8.88. The van der Waals surface area contributed by atoms with Gasteiger partial charge in [-0.1, -0.05) is 24.3 Å². The summed E-state index contributed by atoms with van der Waals surface area (Å²) in [6, 6.07) is 15.9. The van der Waals surface area contributed by atoms with Crippen molar-refractivity contribution in [1.82, 2.24) is 5.32 Å². The lowest BCUT2D eigenvalue weighted by Crippen LogP contribution is -2.24. The van der Waals surface area contributed by atoms with Crippen LogP contribution in [0, 0.1) is 0 Å². The van der Waals surface area contributed by atoms with Crippen LogP contribution in [0.4, 0.5) is 0 Å². The van der Waals surface area contributed by atoms with E-state index in [4.69, 9.17) is 9.47 Å². The van der Waals surface area contributed by atoms with E-state index in [-0.39, 0.29) is 12.6 Å². The van der Waals surface area contributed by atoms with E-state index in [2.05, 4.69) is 17.4 Å². The van der Waals surface area contributed by atoms with E-state index in [0.29, 0.717) is 12.6 Å². The molecule has 4 nitrogen and oxygen atoms in total. The van der Waals surface area contributed by atoms with Gasteiger partial charge in [0.1, 0.15) is 11.5 Å². The monoisotopic (exact) mass is 341 g/mol. The molecule has 0 amide bonds. The second-order valence-corrected chi connectivity index (χ2v) is 6.56. The van der Waals surface area contributed by atoms with E-state index >= 15 is 0 Å². The van der Waals surface area contributed by atoms with Crippen LogP contribution >= 0.6 is 0 Å². The van der Waals surface area contributed by atoms with Crippen LogP contribution < -0.4 is 14.8 Å². The first kappa shape index (κ1) is 17.8. The number of aliphatic hydroxyl groups is 1. The third-order valence-corrected chi connectivity index (χ3v) is 4.73. The fourth-order valence-electron chi connectivity index (χ4n) is 3.31. The van der Waals surface area contributed by atoms with Crippen LogP contribution in [0.1, 0.15) is 42.9 Å². The minimum atomic E-state index is -0.130. The fraction of sp³-hybridized carbons (Fsp3) is 0.429. The molecule has 134 valence electrons. The molecular weight excluding hydrogens is 314 g/mol. The van der Waals surface area contributed by atoms with Crippen molar-refractivity contribution in [2.24, 2.45) is 0 Å². The van der Waals surface area contributed by atoms with Gasteiger partial charge in [-0.2, -0.15) is 0 Å². The minimum absolute atomic E-state index is 0.0332. The SMILES string of the molecule is COc1cccc(C(CO)NCc2cccc(OC3CCCC3)c2)c1. The Morgan fingerprint density at radius 3 is 2.60 bits per heavy atom. The summed E-state index contributed by atoms with van der Waals surface area (Å²) in [6.45, 7) is 0.704. The van der Waals surface area contributed by atoms with Gasteiger partial charge in [0.15, 0.2) is 0 Å². The summed E-state index contributed by atoms with van der Waals surface area (Å²) < 4.78 is 11.3. The highest BCUT2D eigenvalue weighted by Gasteiger charge is 2.16. The maximum atomic E-state index is 9.74. The van der Waals surface area contributed by atoms with Gasteiger partial charge in [-0.25, -0.2) is 0 Å². The summed E-state index contributed by atoms with van der Waals surface area (Å²) >= 11 is 0. The average molecular weight is 341 g/mol. The lowest BCUT2D eigenvalue weighted by Gasteiger charge is -2.18. The van der Waals surface area contributed by atoms with Crippen molar-refractivity contribution in [3.05, 3.63) is 59.7 Å². The number of aliphatic hydroxyl groups excluding tert-OH is 1. The van der Waals surface area contributed by atoms with Crippen molar-refractivity contribution < 1.29 is 14.6 Å². The Bertz CT molecular complexity index is 668. The van der Waals surface area contributed by atoms with Crippen molar-refractivity contribution in [1.29, 1.82) is 0 Å². The fourth-order valence-corrected chi connectivity index (χ4v) is 3.31. The maximum absolute atomic E-state index is 9.74. The van der Waals surface area contributed by atoms with Gasteiger partial charge >= 0.3 is 0 Å². The van der Waals surface area contributed by atoms with Crippen molar-refractivity contribution in [2.75, 3.05) is 13.7 Å². The number of hydrogen-bond acceptors (Lipinski definition) is 4. The van der Waals surface area contributed by atoms with Crippen LogP contribution in [-0.4, -0.2) is 24.9 Å². The summed E-state index contributed by atoms with van der Waals surface area (Å²) in [4.78, 5) is 0. The Balaban J connectivity index is 1.61. The molecule has 4 heteroatoms. The average Bonchev–Trinajstić information content (AvgIpc) is 3.16. The minimum Gasteiger partial charge on any atom is -0.497 e. The van der Waals surface area contributed by atoms with Crippen molar-refractivity contribution in [2.45, 2.75) is 44.4 Å². The molecule has 1 saturated carbocycles. The van der Waals surface area contributed by atoms with E-state index in [1.165, 1.54) is 12.8 Å². The molecular formula is C21H27NO3. The molecule has 2 N–H and O–H groups in total. The highest BCUT2D eigenvalue weighted by Crippen LogP contribution is 2.25. The summed E-state index contributed by atoms with van der Waals surface area (Å²) in [5, 5.41) is 13.2. The molecule has 25 heavy (non-hydrogen) atoms. The zero-order valence-electron chi connectivity index (χ0n) is 14.8. The second-order valence-electron chi connectivity index (χ2n) is 6.56. The molecule has 1 unspecified atom stereocenters. The summed E-state index contributed by atoms with van der Waals surface area (Å²) in [5.41, 5.74) is 2.16. The van der Waals surface area contributed by atoms with Gasteiger partial charge in [0, 0.05) is 6.54 Å². The van der Waals surface area contributed by atoms with Gasteiger partial charge in [-0.3, -0.25) is 0 Å². The molecule has 2 aromatic carbocycles. The van der Waals surface area contributed by atoms with Crippen molar-refractivity contribution in [3.8, 4) is 11.5 Å². The van der Waals surface area contributed by atoms with Gasteiger partial charge in [-0.05, 0) is 61.1 Å². The van der Waals surface area contributed by atoms with Crippen LogP contribution in [0.3, 0.4) is 0 Å². The van der Waals surface area contributed by atoms with Gasteiger partial charge in [0.05, 0.1) is 25.9 Å². The van der Waals surface area contributed by atoms with Crippen LogP contribution in [0.25, 0.3) is 0 Å². The number of rotatable bonds is 8. The smallest absolute Gasteiger partial charge is 0.120 e. The Kier molecular flexibility index (Phi) is 6.31. The highest BCUT2D eigenvalue weighted by atomic mass is 16.5. The number of methoxy groups -OCH3 is 1. The van der Waals surface area contributed by atoms with E-state index in [0.717, 1.165) is 35.5 Å². The predicted molar refractivity (Wildman–Crippen MR) is 99.0 cm³/mol. The zero-order valence-corrected chi connectivity index (χ0v) is 14.8. The van der Waals surface area contributed by atoms with Crippen LogP contribution in [0.2, 0.25) is 0 Å². The first-order chi connectivity index (χ1) is 12.3. The van der Waals surface area contributed by atoms with Gasteiger partial charge in [-0.15, -0.1) is 0 Å². The first-order valence-corrected chi connectivity index (χ1v) is 9.02. The van der Waals surface area contributed by atoms with Crippen LogP contribution in [0.15, 0.2) is 48.5 Å². The Morgan fingerprint density at radius 1 is 1.08 bits per heavy atom. The van der Waals surface area contributed by atoms with E-state index in [1.807, 2.05) is 36.4 Å². The third kappa shape index (κ3) is 4.97. The molecule has 1 atom stereocenters. The zero-order chi connectivity index (χ0) is 17.5. The van der Waals surface area contributed by atoms with E-state index < -0.39 is 0 Å². The molecule has 0 aromatic heterocycles. The summed E-state index contributed by atoms with van der Waals surface area (Å²) in [5.74, 6) is 1.73. The topological polar surface area (TPSA) is 50.7 Å². The molecule has 0 radical (unpaired) electrons. The Hall–Kier alpha value is -2.04. The van der Waals surface area contributed by atoms with Crippen molar-refractivity contribution >= 4 is 0 Å². The third-order valence-electron chi connectivity index (χ3n) is 4.73. The number of nitrogens with one attached hydrogen (secondary N) is 1.